The molecule has 0 unspecified atom stereocenters. The molecule has 0 spiro atoms. The minimum absolute atomic E-state index is 0.523. The van der Waals surface area contributed by atoms with E-state index in [9.17, 15) is 0 Å². The Labute approximate surface area is 119 Å². The Bertz CT molecular complexity index is 213. The third-order valence-electron chi connectivity index (χ3n) is 3.96. The van der Waals surface area contributed by atoms with E-state index in [4.69, 9.17) is 4.74 Å². The highest BCUT2D eigenvalue weighted by Crippen LogP contribution is 2.21. The fourth-order valence-corrected chi connectivity index (χ4v) is 2.63. The van der Waals surface area contributed by atoms with E-state index in [1.165, 1.54) is 44.9 Å². The summed E-state index contributed by atoms with van der Waals surface area (Å²) < 4.78 is 5.96. The van der Waals surface area contributed by atoms with Crippen LogP contribution in [0.25, 0.3) is 0 Å². The molecule has 1 aliphatic carbocycles. The predicted molar refractivity (Wildman–Crippen MR) is 82.6 cm³/mol. The van der Waals surface area contributed by atoms with E-state index in [0.29, 0.717) is 6.10 Å². The first-order valence-corrected chi connectivity index (χ1v) is 7.97. The highest BCUT2D eigenvalue weighted by atomic mass is 16.5. The molecule has 3 nitrogen and oxygen atoms in total. The van der Waals surface area contributed by atoms with Crippen molar-refractivity contribution in [3.05, 3.63) is 12.7 Å². The molecule has 0 aromatic carbocycles. The zero-order valence-electron chi connectivity index (χ0n) is 12.6. The summed E-state index contributed by atoms with van der Waals surface area (Å²) in [6.07, 6.45) is 12.3. The summed E-state index contributed by atoms with van der Waals surface area (Å²) in [6.45, 7) is 6.85. The molecular weight excluding hydrogens is 236 g/mol. The number of rotatable bonds is 11. The van der Waals surface area contributed by atoms with Gasteiger partial charge in [0.25, 0.3) is 0 Å². The Morgan fingerprint density at radius 1 is 1.11 bits per heavy atom. The summed E-state index contributed by atoms with van der Waals surface area (Å²) in [5.74, 6) is 0. The van der Waals surface area contributed by atoms with Crippen molar-refractivity contribution < 1.29 is 4.74 Å². The Hall–Kier alpha value is -0.380. The van der Waals surface area contributed by atoms with Crippen LogP contribution >= 0.6 is 0 Å². The largest absolute Gasteiger partial charge is 0.378 e. The molecule has 3 heteroatoms. The fourth-order valence-electron chi connectivity index (χ4n) is 2.63. The molecular formula is C16H32N2O. The smallest absolute Gasteiger partial charge is 0.0576 e. The first-order valence-electron chi connectivity index (χ1n) is 7.97. The summed E-state index contributed by atoms with van der Waals surface area (Å²) in [4.78, 5) is 0. The van der Waals surface area contributed by atoms with Crippen LogP contribution in [0.1, 0.15) is 51.4 Å². The van der Waals surface area contributed by atoms with Gasteiger partial charge in [0.2, 0.25) is 0 Å². The number of nitrogens with one attached hydrogen (secondary N) is 2. The van der Waals surface area contributed by atoms with Crippen molar-refractivity contribution >= 4 is 0 Å². The molecule has 1 saturated carbocycles. The van der Waals surface area contributed by atoms with Gasteiger partial charge in [-0.05, 0) is 71.5 Å². The average molecular weight is 268 g/mol. The van der Waals surface area contributed by atoms with Crippen molar-refractivity contribution in [2.75, 3.05) is 26.7 Å². The molecule has 0 amide bonds. The molecule has 1 rings (SSSR count). The van der Waals surface area contributed by atoms with Gasteiger partial charge in [-0.15, -0.1) is 6.58 Å². The molecule has 1 aliphatic rings. The van der Waals surface area contributed by atoms with E-state index < -0.39 is 0 Å². The lowest BCUT2D eigenvalue weighted by atomic mass is 9.93. The number of hydrogen-bond acceptors (Lipinski definition) is 3. The molecule has 0 heterocycles. The van der Waals surface area contributed by atoms with Crippen molar-refractivity contribution in [3.8, 4) is 0 Å². The first-order chi connectivity index (χ1) is 9.36. The van der Waals surface area contributed by atoms with E-state index in [0.717, 1.165) is 32.2 Å². The Balaban J connectivity index is 1.82. The van der Waals surface area contributed by atoms with Gasteiger partial charge in [-0.3, -0.25) is 0 Å². The minimum atomic E-state index is 0.523. The van der Waals surface area contributed by atoms with Gasteiger partial charge in [0.05, 0.1) is 6.10 Å². The lowest BCUT2D eigenvalue weighted by Gasteiger charge is -2.28. The van der Waals surface area contributed by atoms with Gasteiger partial charge in [-0.25, -0.2) is 0 Å². The third kappa shape index (κ3) is 8.40. The average Bonchev–Trinajstić information content (AvgIpc) is 2.46. The Morgan fingerprint density at radius 3 is 2.58 bits per heavy atom. The minimum Gasteiger partial charge on any atom is -0.378 e. The molecule has 2 N–H and O–H groups in total. The fraction of sp³-hybridized carbons (Fsp3) is 0.875. The molecule has 0 saturated heterocycles. The standard InChI is InChI=1S/C16H32N2O/c1-3-4-12-18-13-6-5-7-14-19-16-10-8-15(17-2)9-11-16/h3,15-18H,1,4-14H2,2H3. The second kappa shape index (κ2) is 11.4. The molecule has 112 valence electrons. The highest BCUT2D eigenvalue weighted by Gasteiger charge is 2.19. The van der Waals surface area contributed by atoms with Crippen LogP contribution in [0.2, 0.25) is 0 Å². The van der Waals surface area contributed by atoms with Crippen molar-refractivity contribution in [1.29, 1.82) is 0 Å². The summed E-state index contributed by atoms with van der Waals surface area (Å²) in [7, 11) is 2.06. The van der Waals surface area contributed by atoms with E-state index in [1.54, 1.807) is 0 Å². The van der Waals surface area contributed by atoms with Crippen LogP contribution in [0.3, 0.4) is 0 Å². The topological polar surface area (TPSA) is 33.3 Å². The van der Waals surface area contributed by atoms with Crippen LogP contribution in [0.15, 0.2) is 12.7 Å². The molecule has 19 heavy (non-hydrogen) atoms. The zero-order chi connectivity index (χ0) is 13.8. The van der Waals surface area contributed by atoms with Gasteiger partial charge >= 0.3 is 0 Å². The molecule has 0 bridgehead atoms. The van der Waals surface area contributed by atoms with Crippen molar-refractivity contribution in [3.63, 3.8) is 0 Å². The summed E-state index contributed by atoms with van der Waals surface area (Å²) in [6, 6.07) is 0.724. The van der Waals surface area contributed by atoms with Gasteiger partial charge in [0.1, 0.15) is 0 Å². The SMILES string of the molecule is C=CCCNCCCCCOC1CCC(NC)CC1. The maximum atomic E-state index is 5.96. The summed E-state index contributed by atoms with van der Waals surface area (Å²) in [5, 5.41) is 6.78. The number of hydrogen-bond donors (Lipinski definition) is 2. The second-order valence-electron chi connectivity index (χ2n) is 5.52. The first kappa shape index (κ1) is 16.7. The lowest BCUT2D eigenvalue weighted by molar-refractivity contribution is 0.0211. The Kier molecular flexibility index (Phi) is 10.0. The predicted octanol–water partition coefficient (Wildman–Crippen LogP) is 2.87. The van der Waals surface area contributed by atoms with Crippen molar-refractivity contribution in [1.82, 2.24) is 10.6 Å². The molecule has 0 aromatic rings. The van der Waals surface area contributed by atoms with Crippen molar-refractivity contribution in [2.24, 2.45) is 0 Å². The van der Waals surface area contributed by atoms with E-state index in [-0.39, 0.29) is 0 Å². The van der Waals surface area contributed by atoms with Gasteiger partial charge in [-0.2, -0.15) is 0 Å². The van der Waals surface area contributed by atoms with Crippen LogP contribution in [0.5, 0.6) is 0 Å². The van der Waals surface area contributed by atoms with Crippen LogP contribution in [0, 0.1) is 0 Å². The molecule has 0 radical (unpaired) electrons. The van der Waals surface area contributed by atoms with E-state index >= 15 is 0 Å². The van der Waals surface area contributed by atoms with E-state index in [2.05, 4.69) is 24.3 Å². The number of ether oxygens (including phenoxy) is 1. The zero-order valence-corrected chi connectivity index (χ0v) is 12.6. The molecule has 0 aromatic heterocycles. The van der Waals surface area contributed by atoms with E-state index in [1.807, 2.05) is 6.08 Å². The second-order valence-corrected chi connectivity index (χ2v) is 5.52. The van der Waals surface area contributed by atoms with Crippen LogP contribution in [-0.4, -0.2) is 38.9 Å². The monoisotopic (exact) mass is 268 g/mol. The van der Waals surface area contributed by atoms with Crippen LogP contribution < -0.4 is 10.6 Å². The maximum Gasteiger partial charge on any atom is 0.0576 e. The van der Waals surface area contributed by atoms with Gasteiger partial charge < -0.3 is 15.4 Å². The van der Waals surface area contributed by atoms with Gasteiger partial charge in [-0.1, -0.05) is 6.08 Å². The third-order valence-corrected chi connectivity index (χ3v) is 3.96. The van der Waals surface area contributed by atoms with Crippen LogP contribution in [-0.2, 0) is 4.74 Å². The maximum absolute atomic E-state index is 5.96. The van der Waals surface area contributed by atoms with Gasteiger partial charge in [0, 0.05) is 12.6 Å². The lowest BCUT2D eigenvalue weighted by Crippen LogP contribution is -2.33. The molecule has 1 fully saturated rings. The van der Waals surface area contributed by atoms with Crippen molar-refractivity contribution in [2.45, 2.75) is 63.5 Å². The highest BCUT2D eigenvalue weighted by molar-refractivity contribution is 4.76. The normalized spacial score (nSPS) is 23.4. The molecule has 0 atom stereocenters. The summed E-state index contributed by atoms with van der Waals surface area (Å²) in [5.41, 5.74) is 0. The summed E-state index contributed by atoms with van der Waals surface area (Å²) >= 11 is 0. The Morgan fingerprint density at radius 2 is 1.89 bits per heavy atom. The van der Waals surface area contributed by atoms with Gasteiger partial charge in [0.15, 0.2) is 0 Å². The van der Waals surface area contributed by atoms with Crippen LogP contribution in [0.4, 0.5) is 0 Å². The number of unbranched alkanes of at least 4 members (excludes halogenated alkanes) is 2. The quantitative estimate of drug-likeness (QED) is 0.446. The molecule has 0 aliphatic heterocycles.